The second-order valence-corrected chi connectivity index (χ2v) is 8.34. The smallest absolute Gasteiger partial charge is 0.394 e. The average molecular weight is 281 g/mol. The summed E-state index contributed by atoms with van der Waals surface area (Å²) in [6.07, 6.45) is 0. The van der Waals surface area contributed by atoms with Crippen molar-refractivity contribution in [3.63, 3.8) is 0 Å². The predicted molar refractivity (Wildman–Crippen MR) is 46.3 cm³/mol. The van der Waals surface area contributed by atoms with Crippen LogP contribution in [0, 0.1) is 0 Å². The molecule has 0 aromatic heterocycles. The molecular weight excluding hydrogens is 264 g/mol. The minimum Gasteiger partial charge on any atom is -0.394 e. The van der Waals surface area contributed by atoms with Crippen LogP contribution in [0.3, 0.4) is 0 Å². The van der Waals surface area contributed by atoms with Gasteiger partial charge in [0.1, 0.15) is 0 Å². The van der Waals surface area contributed by atoms with Gasteiger partial charge in [0.25, 0.3) is 0 Å². The van der Waals surface area contributed by atoms with Crippen molar-refractivity contribution in [2.45, 2.75) is 17.0 Å². The van der Waals surface area contributed by atoms with Gasteiger partial charge in [-0.25, -0.2) is 0 Å². The first-order chi connectivity index (χ1) is 5.68. The molecule has 0 rings (SSSR count). The van der Waals surface area contributed by atoms with Crippen LogP contribution < -0.4 is 39.4 Å². The second-order valence-electron chi connectivity index (χ2n) is 3.09. The van der Waals surface area contributed by atoms with Crippen molar-refractivity contribution in [2.24, 2.45) is 5.73 Å². The Labute approximate surface area is 108 Å². The molecule has 0 aliphatic carbocycles. The van der Waals surface area contributed by atoms with E-state index in [1.54, 1.807) is 0 Å². The van der Waals surface area contributed by atoms with Crippen LogP contribution in [0.5, 0.6) is 0 Å². The number of aliphatic hydroxyl groups excluding tert-OH is 3. The van der Waals surface area contributed by atoms with Crippen LogP contribution in [0.25, 0.3) is 0 Å². The predicted octanol–water partition coefficient (Wildman–Crippen LogP) is -5.86. The van der Waals surface area contributed by atoms with Crippen molar-refractivity contribution < 1.29 is 52.7 Å². The van der Waals surface area contributed by atoms with Crippen molar-refractivity contribution in [2.75, 3.05) is 19.8 Å². The zero-order valence-electron chi connectivity index (χ0n) is 8.80. The van der Waals surface area contributed by atoms with E-state index in [0.29, 0.717) is 0 Å². The molecule has 82 valence electrons. The maximum absolute atomic E-state index is 9.72. The van der Waals surface area contributed by atoms with E-state index in [0.717, 1.165) is 0 Å². The van der Waals surface area contributed by atoms with E-state index in [4.69, 9.17) is 21.1 Å². The molecule has 0 amide bonds. The van der Waals surface area contributed by atoms with E-state index < -0.39 is 39.2 Å². The van der Waals surface area contributed by atoms with Gasteiger partial charge in [-0.15, -0.1) is 0 Å². The minimum atomic E-state index is -3.38. The number of rotatable bonds is 3. The normalized spacial score (nSPS) is 11.1. The zero-order chi connectivity index (χ0) is 11.1. The summed E-state index contributed by atoms with van der Waals surface area (Å²) in [5.41, 5.74) is 6.43. The Morgan fingerprint density at radius 3 is 1.36 bits per heavy atom. The molecule has 0 fully saturated rings. The summed E-state index contributed by atoms with van der Waals surface area (Å²) in [5.74, 6) is 0. The van der Waals surface area contributed by atoms with Crippen LogP contribution in [0.4, 0.5) is 0 Å². The van der Waals surface area contributed by atoms with E-state index in [9.17, 15) is 7.84 Å². The standard InChI is InChI=1S/C4H11NO3.C2H7AsO2.Na/c5-4(1-6,2-7)3-8;1-3(2,4)5;/h6-8H,1-3,5H2;1-2H3,(H,4,5);/q;;+1/p-1. The van der Waals surface area contributed by atoms with Crippen LogP contribution in [-0.2, 0) is 3.74 Å². The van der Waals surface area contributed by atoms with Crippen molar-refractivity contribution in [1.82, 2.24) is 0 Å². The van der Waals surface area contributed by atoms with Crippen LogP contribution in [-0.4, -0.2) is 54.5 Å². The van der Waals surface area contributed by atoms with Gasteiger partial charge in [-0.1, -0.05) is 0 Å². The topological polar surface area (TPSA) is 127 Å². The Morgan fingerprint density at radius 2 is 1.36 bits per heavy atom. The molecule has 0 heterocycles. The van der Waals surface area contributed by atoms with Gasteiger partial charge in [0.15, 0.2) is 0 Å². The van der Waals surface area contributed by atoms with E-state index in [2.05, 4.69) is 0 Å². The maximum atomic E-state index is 9.72. The number of nitrogens with two attached hydrogens (primary N) is 1. The first kappa shape index (κ1) is 20.6. The molecule has 0 bridgehead atoms. The number of hydrogen-bond donors (Lipinski definition) is 4. The van der Waals surface area contributed by atoms with Crippen molar-refractivity contribution in [3.05, 3.63) is 0 Å². The third-order valence-corrected chi connectivity index (χ3v) is 0.945. The molecule has 0 radical (unpaired) electrons. The Hall–Kier alpha value is 1.16. The van der Waals surface area contributed by atoms with E-state index in [1.807, 2.05) is 0 Å². The third-order valence-electron chi connectivity index (χ3n) is 0.945. The molecule has 0 saturated carbocycles. The largest absolute Gasteiger partial charge is 1.00 e. The quantitative estimate of drug-likeness (QED) is 0.382. The third kappa shape index (κ3) is 18.8. The summed E-state index contributed by atoms with van der Waals surface area (Å²) in [4.78, 5) is 0. The van der Waals surface area contributed by atoms with Crippen molar-refractivity contribution >= 4 is 13.8 Å². The molecule has 0 aliphatic heterocycles. The Kier molecular flexibility index (Phi) is 13.8. The monoisotopic (exact) mass is 281 g/mol. The minimum absolute atomic E-state index is 0. The number of hydrogen-bond acceptors (Lipinski definition) is 6. The summed E-state index contributed by atoms with van der Waals surface area (Å²) >= 11 is -3.38. The second kappa shape index (κ2) is 9.39. The Bertz CT molecular complexity index is 153. The van der Waals surface area contributed by atoms with E-state index in [-0.39, 0.29) is 29.6 Å². The Balaban J connectivity index is -0.000000177. The van der Waals surface area contributed by atoms with Crippen LogP contribution in [0.15, 0.2) is 0 Å². The first-order valence-electron chi connectivity index (χ1n) is 3.56. The molecule has 0 atom stereocenters. The molecule has 8 heteroatoms. The molecule has 14 heavy (non-hydrogen) atoms. The molecule has 0 unspecified atom stereocenters. The van der Waals surface area contributed by atoms with Gasteiger partial charge in [-0.2, -0.15) is 0 Å². The zero-order valence-corrected chi connectivity index (χ0v) is 12.7. The summed E-state index contributed by atoms with van der Waals surface area (Å²) in [7, 11) is 0. The molecule has 0 saturated heterocycles. The van der Waals surface area contributed by atoms with E-state index >= 15 is 0 Å². The molecular formula is C6H17AsNNaO5. The SMILES string of the molecule is C[As](C)(=O)[O-].NC(CO)(CO)CO.[Na+]. The summed E-state index contributed by atoms with van der Waals surface area (Å²) in [5, 5.41) is 25.0. The summed E-state index contributed by atoms with van der Waals surface area (Å²) in [6.45, 7) is -1.21. The number of aliphatic hydroxyl groups is 3. The summed E-state index contributed by atoms with van der Waals surface area (Å²) < 4.78 is 19.4. The van der Waals surface area contributed by atoms with Gasteiger partial charge >= 0.3 is 62.6 Å². The van der Waals surface area contributed by atoms with Gasteiger partial charge in [-0.3, -0.25) is 0 Å². The fourth-order valence-electron chi connectivity index (χ4n) is 0.150. The fourth-order valence-corrected chi connectivity index (χ4v) is 0.150. The van der Waals surface area contributed by atoms with Gasteiger partial charge in [0, 0.05) is 0 Å². The fraction of sp³-hybridized carbons (Fsp3) is 1.00. The molecule has 5 N–H and O–H groups in total. The Morgan fingerprint density at radius 1 is 1.21 bits per heavy atom. The van der Waals surface area contributed by atoms with Gasteiger partial charge in [-0.05, 0) is 0 Å². The van der Waals surface area contributed by atoms with Crippen molar-refractivity contribution in [1.29, 1.82) is 0 Å². The van der Waals surface area contributed by atoms with Crippen molar-refractivity contribution in [3.8, 4) is 0 Å². The molecule has 6 nitrogen and oxygen atoms in total. The molecule has 0 aromatic rings. The molecule has 0 aromatic carbocycles. The first-order valence-corrected chi connectivity index (χ1v) is 8.84. The van der Waals surface area contributed by atoms with Gasteiger partial charge in [0.2, 0.25) is 0 Å². The molecule has 0 spiro atoms. The maximum Gasteiger partial charge on any atom is 1.00 e. The average Bonchev–Trinajstić information content (AvgIpc) is 2.00. The van der Waals surface area contributed by atoms with Crippen LogP contribution >= 0.6 is 0 Å². The van der Waals surface area contributed by atoms with Crippen LogP contribution in [0.1, 0.15) is 0 Å². The van der Waals surface area contributed by atoms with Crippen LogP contribution in [0.2, 0.25) is 11.4 Å². The van der Waals surface area contributed by atoms with Gasteiger partial charge in [0.05, 0.1) is 25.4 Å². The molecule has 0 aliphatic rings. The van der Waals surface area contributed by atoms with Gasteiger partial charge < -0.3 is 21.1 Å². The summed E-state index contributed by atoms with van der Waals surface area (Å²) in [6, 6.07) is 0. The van der Waals surface area contributed by atoms with E-state index in [1.165, 1.54) is 11.4 Å².